The Labute approximate surface area is 161 Å². The molecule has 1 aliphatic carbocycles. The van der Waals surface area contributed by atoms with Crippen LogP contribution in [-0.2, 0) is 10.0 Å². The van der Waals surface area contributed by atoms with Crippen molar-refractivity contribution in [3.63, 3.8) is 0 Å². The highest BCUT2D eigenvalue weighted by molar-refractivity contribution is 7.92. The summed E-state index contributed by atoms with van der Waals surface area (Å²) < 4.78 is 27.4. The maximum absolute atomic E-state index is 13.0. The molecule has 0 atom stereocenters. The largest absolute Gasteiger partial charge is 0.339 e. The van der Waals surface area contributed by atoms with E-state index in [-0.39, 0.29) is 16.8 Å². The highest BCUT2D eigenvalue weighted by Gasteiger charge is 2.26. The molecule has 0 radical (unpaired) electrons. The minimum atomic E-state index is -3.67. The molecule has 0 aliphatic heterocycles. The molecule has 0 spiro atoms. The summed E-state index contributed by atoms with van der Waals surface area (Å²) >= 11 is 0. The third kappa shape index (κ3) is 4.00. The SMILES string of the molecule is CCN(c1ccccc1)S(=O)(=O)c1ccc(C(=O)N(C)C2CCCC2)cc1. The van der Waals surface area contributed by atoms with Gasteiger partial charge < -0.3 is 4.90 Å². The van der Waals surface area contributed by atoms with E-state index < -0.39 is 10.0 Å². The van der Waals surface area contributed by atoms with E-state index in [9.17, 15) is 13.2 Å². The first-order valence-electron chi connectivity index (χ1n) is 9.40. The third-order valence-electron chi connectivity index (χ3n) is 5.21. The molecule has 27 heavy (non-hydrogen) atoms. The van der Waals surface area contributed by atoms with Crippen molar-refractivity contribution in [3.05, 3.63) is 60.2 Å². The molecule has 6 heteroatoms. The number of carbonyl (C=O) groups is 1. The van der Waals surface area contributed by atoms with Crippen LogP contribution in [0.3, 0.4) is 0 Å². The van der Waals surface area contributed by atoms with Crippen molar-refractivity contribution >= 4 is 21.6 Å². The Hall–Kier alpha value is -2.34. The standard InChI is InChI=1S/C21H26N2O3S/c1-3-23(19-11-5-4-6-12-19)27(25,26)20-15-13-17(14-16-20)21(24)22(2)18-9-7-8-10-18/h4-6,11-16,18H,3,7-10H2,1-2H3. The van der Waals surface area contributed by atoms with Gasteiger partial charge in [-0.15, -0.1) is 0 Å². The summed E-state index contributed by atoms with van der Waals surface area (Å²) in [4.78, 5) is 14.6. The lowest BCUT2D eigenvalue weighted by Gasteiger charge is -2.25. The molecule has 0 N–H and O–H groups in total. The summed E-state index contributed by atoms with van der Waals surface area (Å²) in [6.45, 7) is 2.14. The number of rotatable bonds is 6. The van der Waals surface area contributed by atoms with Crippen LogP contribution in [-0.4, -0.2) is 38.9 Å². The molecule has 5 nitrogen and oxygen atoms in total. The minimum Gasteiger partial charge on any atom is -0.339 e. The predicted molar refractivity (Wildman–Crippen MR) is 107 cm³/mol. The van der Waals surface area contributed by atoms with Crippen LogP contribution in [0.15, 0.2) is 59.5 Å². The first-order chi connectivity index (χ1) is 12.9. The first kappa shape index (κ1) is 19.4. The number of hydrogen-bond acceptors (Lipinski definition) is 3. The van der Waals surface area contributed by atoms with Crippen LogP contribution in [0.5, 0.6) is 0 Å². The maximum Gasteiger partial charge on any atom is 0.264 e. The molecular formula is C21H26N2O3S. The fraction of sp³-hybridized carbons (Fsp3) is 0.381. The van der Waals surface area contributed by atoms with E-state index in [0.717, 1.165) is 25.7 Å². The molecule has 1 aliphatic rings. The van der Waals surface area contributed by atoms with Crippen molar-refractivity contribution in [3.8, 4) is 0 Å². The number of sulfonamides is 1. The van der Waals surface area contributed by atoms with Gasteiger partial charge in [-0.1, -0.05) is 31.0 Å². The molecule has 1 fully saturated rings. The summed E-state index contributed by atoms with van der Waals surface area (Å²) in [5.74, 6) is -0.0544. The Kier molecular flexibility index (Phi) is 5.85. The van der Waals surface area contributed by atoms with E-state index in [1.807, 2.05) is 25.2 Å². The van der Waals surface area contributed by atoms with Gasteiger partial charge in [0.2, 0.25) is 0 Å². The molecule has 0 bridgehead atoms. The number of hydrogen-bond donors (Lipinski definition) is 0. The van der Waals surface area contributed by atoms with Gasteiger partial charge in [-0.3, -0.25) is 9.10 Å². The van der Waals surface area contributed by atoms with Crippen LogP contribution < -0.4 is 4.31 Å². The fourth-order valence-electron chi connectivity index (χ4n) is 3.64. The minimum absolute atomic E-state index is 0.0544. The Balaban J connectivity index is 1.82. The number of carbonyl (C=O) groups excluding carboxylic acids is 1. The van der Waals surface area contributed by atoms with E-state index in [4.69, 9.17) is 0 Å². The summed E-state index contributed by atoms with van der Waals surface area (Å²) in [5, 5.41) is 0. The lowest BCUT2D eigenvalue weighted by atomic mass is 10.1. The topological polar surface area (TPSA) is 57.7 Å². The zero-order chi connectivity index (χ0) is 19.4. The number of para-hydroxylation sites is 1. The number of amides is 1. The number of anilines is 1. The summed E-state index contributed by atoms with van der Waals surface area (Å²) in [7, 11) is -1.84. The monoisotopic (exact) mass is 386 g/mol. The van der Waals surface area contributed by atoms with Gasteiger partial charge in [-0.2, -0.15) is 0 Å². The van der Waals surface area contributed by atoms with Gasteiger partial charge in [0.25, 0.3) is 15.9 Å². The van der Waals surface area contributed by atoms with E-state index in [0.29, 0.717) is 17.8 Å². The summed E-state index contributed by atoms with van der Waals surface area (Å²) in [6.07, 6.45) is 4.39. The molecule has 0 heterocycles. The van der Waals surface area contributed by atoms with Crippen molar-refractivity contribution in [1.29, 1.82) is 0 Å². The maximum atomic E-state index is 13.0. The second kappa shape index (κ2) is 8.13. The normalized spacial score (nSPS) is 14.9. The zero-order valence-electron chi connectivity index (χ0n) is 15.8. The molecule has 3 rings (SSSR count). The third-order valence-corrected chi connectivity index (χ3v) is 7.13. The summed E-state index contributed by atoms with van der Waals surface area (Å²) in [5.41, 5.74) is 1.15. The van der Waals surface area contributed by atoms with E-state index >= 15 is 0 Å². The van der Waals surface area contributed by atoms with E-state index in [2.05, 4.69) is 0 Å². The van der Waals surface area contributed by atoms with Crippen LogP contribution >= 0.6 is 0 Å². The van der Waals surface area contributed by atoms with Gasteiger partial charge in [0.05, 0.1) is 10.6 Å². The number of nitrogens with zero attached hydrogens (tertiary/aromatic N) is 2. The van der Waals surface area contributed by atoms with Crippen molar-refractivity contribution < 1.29 is 13.2 Å². The molecule has 0 saturated heterocycles. The molecule has 2 aromatic rings. The molecule has 1 amide bonds. The average molecular weight is 387 g/mol. The average Bonchev–Trinajstić information content (AvgIpc) is 3.23. The van der Waals surface area contributed by atoms with Crippen LogP contribution in [0, 0.1) is 0 Å². The Bertz CT molecular complexity index is 873. The second-order valence-corrected chi connectivity index (χ2v) is 8.75. The zero-order valence-corrected chi connectivity index (χ0v) is 16.7. The lowest BCUT2D eigenvalue weighted by Crippen LogP contribution is -2.35. The Morgan fingerprint density at radius 3 is 2.15 bits per heavy atom. The van der Waals surface area contributed by atoms with Crippen molar-refractivity contribution in [1.82, 2.24) is 4.90 Å². The molecule has 0 aromatic heterocycles. The molecule has 0 unspecified atom stereocenters. The van der Waals surface area contributed by atoms with E-state index in [1.165, 1.54) is 16.4 Å². The van der Waals surface area contributed by atoms with Crippen LogP contribution in [0.25, 0.3) is 0 Å². The van der Waals surface area contributed by atoms with Gasteiger partial charge >= 0.3 is 0 Å². The van der Waals surface area contributed by atoms with Crippen molar-refractivity contribution in [2.24, 2.45) is 0 Å². The van der Waals surface area contributed by atoms with Gasteiger partial charge in [-0.05, 0) is 56.2 Å². The van der Waals surface area contributed by atoms with Gasteiger partial charge in [0.15, 0.2) is 0 Å². The van der Waals surface area contributed by atoms with Gasteiger partial charge in [-0.25, -0.2) is 8.42 Å². The molecule has 2 aromatic carbocycles. The quantitative estimate of drug-likeness (QED) is 0.756. The van der Waals surface area contributed by atoms with E-state index in [1.54, 1.807) is 36.1 Å². The second-order valence-electron chi connectivity index (χ2n) is 6.88. The molecular weight excluding hydrogens is 360 g/mol. The van der Waals surface area contributed by atoms with Crippen molar-refractivity contribution in [2.75, 3.05) is 17.9 Å². The van der Waals surface area contributed by atoms with Crippen LogP contribution in [0.4, 0.5) is 5.69 Å². The lowest BCUT2D eigenvalue weighted by molar-refractivity contribution is 0.0735. The smallest absolute Gasteiger partial charge is 0.264 e. The van der Waals surface area contributed by atoms with Gasteiger partial charge in [0.1, 0.15) is 0 Å². The fourth-order valence-corrected chi connectivity index (χ4v) is 5.12. The van der Waals surface area contributed by atoms with Crippen LogP contribution in [0.2, 0.25) is 0 Å². The Morgan fingerprint density at radius 2 is 1.59 bits per heavy atom. The first-order valence-corrected chi connectivity index (χ1v) is 10.8. The Morgan fingerprint density at radius 1 is 1.00 bits per heavy atom. The predicted octanol–water partition coefficient (Wildman–Crippen LogP) is 3.92. The number of benzene rings is 2. The molecule has 144 valence electrons. The van der Waals surface area contributed by atoms with Gasteiger partial charge in [0, 0.05) is 25.2 Å². The van der Waals surface area contributed by atoms with Crippen LogP contribution in [0.1, 0.15) is 43.0 Å². The highest BCUT2D eigenvalue weighted by Crippen LogP contribution is 2.26. The highest BCUT2D eigenvalue weighted by atomic mass is 32.2. The summed E-state index contributed by atoms with van der Waals surface area (Å²) in [6, 6.07) is 15.6. The van der Waals surface area contributed by atoms with Crippen molar-refractivity contribution in [2.45, 2.75) is 43.5 Å². The molecule has 1 saturated carbocycles.